The molecule has 0 aliphatic heterocycles. The van der Waals surface area contributed by atoms with Crippen molar-refractivity contribution in [2.24, 2.45) is 7.05 Å². The van der Waals surface area contributed by atoms with E-state index < -0.39 is 6.10 Å². The molecule has 0 aliphatic rings. The van der Waals surface area contributed by atoms with E-state index in [0.29, 0.717) is 19.5 Å². The van der Waals surface area contributed by atoms with Gasteiger partial charge in [-0.15, -0.1) is 0 Å². The molecule has 0 saturated heterocycles. The smallest absolute Gasteiger partial charge is 0.314 e. The van der Waals surface area contributed by atoms with E-state index in [4.69, 9.17) is 0 Å². The van der Waals surface area contributed by atoms with Crippen LogP contribution in [0.3, 0.4) is 0 Å². The molecule has 0 radical (unpaired) electrons. The molecular formula is C16H22N4O2. The second-order valence-corrected chi connectivity index (χ2v) is 5.17. The van der Waals surface area contributed by atoms with Gasteiger partial charge in [0, 0.05) is 26.3 Å². The first kappa shape index (κ1) is 16.0. The molecule has 2 amide bonds. The van der Waals surface area contributed by atoms with E-state index in [1.54, 1.807) is 10.9 Å². The molecule has 1 aromatic carbocycles. The van der Waals surface area contributed by atoms with E-state index >= 15 is 0 Å². The van der Waals surface area contributed by atoms with Crippen molar-refractivity contribution in [3.05, 3.63) is 53.9 Å². The number of aliphatic hydroxyl groups excluding tert-OH is 1. The van der Waals surface area contributed by atoms with Crippen molar-refractivity contribution in [1.29, 1.82) is 0 Å². The molecular weight excluding hydrogens is 280 g/mol. The quantitative estimate of drug-likeness (QED) is 0.723. The summed E-state index contributed by atoms with van der Waals surface area (Å²) >= 11 is 0. The van der Waals surface area contributed by atoms with Crippen LogP contribution in [0.4, 0.5) is 4.79 Å². The van der Waals surface area contributed by atoms with E-state index in [-0.39, 0.29) is 6.03 Å². The molecule has 118 valence electrons. The number of rotatable bonds is 7. The zero-order valence-corrected chi connectivity index (χ0v) is 12.7. The molecule has 0 saturated carbocycles. The Morgan fingerprint density at radius 3 is 2.68 bits per heavy atom. The number of benzene rings is 1. The number of carbonyl (C=O) groups excluding carboxylic acids is 1. The molecule has 3 N–H and O–H groups in total. The molecule has 22 heavy (non-hydrogen) atoms. The number of urea groups is 1. The standard InChI is InChI=1S/C16H22N4O2/c1-20-12-13(11-19-20)7-9-17-16(22)18-10-8-15(21)14-5-3-2-4-6-14/h2-6,11-12,15,21H,7-10H2,1H3,(H2,17,18,22). The van der Waals surface area contributed by atoms with Crippen LogP contribution < -0.4 is 10.6 Å². The fourth-order valence-corrected chi connectivity index (χ4v) is 2.15. The van der Waals surface area contributed by atoms with Crippen LogP contribution in [-0.2, 0) is 13.5 Å². The predicted octanol–water partition coefficient (Wildman–Crippen LogP) is 1.39. The topological polar surface area (TPSA) is 79.2 Å². The summed E-state index contributed by atoms with van der Waals surface area (Å²) in [6.45, 7) is 0.980. The predicted molar refractivity (Wildman–Crippen MR) is 84.3 cm³/mol. The highest BCUT2D eigenvalue weighted by Crippen LogP contribution is 2.14. The lowest BCUT2D eigenvalue weighted by Crippen LogP contribution is -2.37. The first-order valence-corrected chi connectivity index (χ1v) is 7.37. The average Bonchev–Trinajstić information content (AvgIpc) is 2.93. The Morgan fingerprint density at radius 1 is 1.27 bits per heavy atom. The summed E-state index contributed by atoms with van der Waals surface area (Å²) < 4.78 is 1.74. The molecule has 0 bridgehead atoms. The average molecular weight is 302 g/mol. The zero-order valence-electron chi connectivity index (χ0n) is 12.7. The van der Waals surface area contributed by atoms with Crippen molar-refractivity contribution in [3.8, 4) is 0 Å². The highest BCUT2D eigenvalue weighted by Gasteiger charge is 2.07. The van der Waals surface area contributed by atoms with Crippen LogP contribution in [0.25, 0.3) is 0 Å². The van der Waals surface area contributed by atoms with E-state index in [2.05, 4.69) is 15.7 Å². The summed E-state index contributed by atoms with van der Waals surface area (Å²) in [5.74, 6) is 0. The van der Waals surface area contributed by atoms with Gasteiger partial charge < -0.3 is 15.7 Å². The molecule has 1 unspecified atom stereocenters. The van der Waals surface area contributed by atoms with Crippen molar-refractivity contribution in [3.63, 3.8) is 0 Å². The van der Waals surface area contributed by atoms with E-state index in [9.17, 15) is 9.90 Å². The van der Waals surface area contributed by atoms with Gasteiger partial charge in [0.1, 0.15) is 0 Å². The van der Waals surface area contributed by atoms with Crippen LogP contribution in [0.15, 0.2) is 42.7 Å². The lowest BCUT2D eigenvalue weighted by atomic mass is 10.1. The van der Waals surface area contributed by atoms with Crippen molar-refractivity contribution in [2.75, 3.05) is 13.1 Å². The molecule has 0 aliphatic carbocycles. The molecule has 0 spiro atoms. The second-order valence-electron chi connectivity index (χ2n) is 5.17. The molecule has 0 fully saturated rings. The van der Waals surface area contributed by atoms with Gasteiger partial charge in [-0.05, 0) is 24.0 Å². The van der Waals surface area contributed by atoms with Crippen molar-refractivity contribution in [2.45, 2.75) is 18.9 Å². The Hall–Kier alpha value is -2.34. The van der Waals surface area contributed by atoms with Crippen LogP contribution in [0.5, 0.6) is 0 Å². The molecule has 2 rings (SSSR count). The maximum atomic E-state index is 11.6. The Morgan fingerprint density at radius 2 is 2.00 bits per heavy atom. The largest absolute Gasteiger partial charge is 0.388 e. The zero-order chi connectivity index (χ0) is 15.8. The lowest BCUT2D eigenvalue weighted by Gasteiger charge is -2.12. The number of carbonyl (C=O) groups is 1. The summed E-state index contributed by atoms with van der Waals surface area (Å²) in [6, 6.07) is 9.21. The van der Waals surface area contributed by atoms with Crippen LogP contribution >= 0.6 is 0 Å². The van der Waals surface area contributed by atoms with Gasteiger partial charge in [0.2, 0.25) is 0 Å². The highest BCUT2D eigenvalue weighted by molar-refractivity contribution is 5.73. The van der Waals surface area contributed by atoms with E-state index in [1.807, 2.05) is 43.6 Å². The number of amides is 2. The summed E-state index contributed by atoms with van der Waals surface area (Å²) in [7, 11) is 1.86. The van der Waals surface area contributed by atoms with Crippen LogP contribution in [0.1, 0.15) is 23.7 Å². The fourth-order valence-electron chi connectivity index (χ4n) is 2.15. The molecule has 6 nitrogen and oxygen atoms in total. The number of nitrogens with one attached hydrogen (secondary N) is 2. The Bertz CT molecular complexity index is 583. The van der Waals surface area contributed by atoms with Crippen molar-refractivity contribution < 1.29 is 9.90 Å². The van der Waals surface area contributed by atoms with E-state index in [1.165, 1.54) is 0 Å². The number of hydrogen-bond acceptors (Lipinski definition) is 3. The summed E-state index contributed by atoms with van der Waals surface area (Å²) in [4.78, 5) is 11.6. The van der Waals surface area contributed by atoms with Crippen LogP contribution in [0, 0.1) is 0 Å². The van der Waals surface area contributed by atoms with Crippen LogP contribution in [-0.4, -0.2) is 34.0 Å². The first-order chi connectivity index (χ1) is 10.6. The second kappa shape index (κ2) is 8.19. The minimum atomic E-state index is -0.558. The third-order valence-corrected chi connectivity index (χ3v) is 3.35. The number of nitrogens with zero attached hydrogens (tertiary/aromatic N) is 2. The number of aliphatic hydroxyl groups is 1. The Kier molecular flexibility index (Phi) is 5.97. The maximum absolute atomic E-state index is 11.6. The van der Waals surface area contributed by atoms with Gasteiger partial charge in [-0.1, -0.05) is 30.3 Å². The molecule has 2 aromatic rings. The summed E-state index contributed by atoms with van der Waals surface area (Å²) in [6.07, 6.45) is 4.39. The van der Waals surface area contributed by atoms with Crippen molar-refractivity contribution >= 4 is 6.03 Å². The van der Waals surface area contributed by atoms with Crippen LogP contribution in [0.2, 0.25) is 0 Å². The van der Waals surface area contributed by atoms with Gasteiger partial charge in [0.25, 0.3) is 0 Å². The third-order valence-electron chi connectivity index (χ3n) is 3.35. The van der Waals surface area contributed by atoms with Gasteiger partial charge in [-0.2, -0.15) is 5.10 Å². The highest BCUT2D eigenvalue weighted by atomic mass is 16.3. The summed E-state index contributed by atoms with van der Waals surface area (Å²) in [5, 5.41) is 19.6. The number of aromatic nitrogens is 2. The first-order valence-electron chi connectivity index (χ1n) is 7.37. The number of aryl methyl sites for hydroxylation is 1. The molecule has 1 heterocycles. The molecule has 6 heteroatoms. The van der Waals surface area contributed by atoms with Crippen molar-refractivity contribution in [1.82, 2.24) is 20.4 Å². The van der Waals surface area contributed by atoms with Gasteiger partial charge in [0.15, 0.2) is 0 Å². The van der Waals surface area contributed by atoms with E-state index in [0.717, 1.165) is 17.5 Å². The van der Waals surface area contributed by atoms with Gasteiger partial charge in [0.05, 0.1) is 12.3 Å². The molecule has 1 atom stereocenters. The SMILES string of the molecule is Cn1cc(CCNC(=O)NCCC(O)c2ccccc2)cn1. The monoisotopic (exact) mass is 302 g/mol. The van der Waals surface area contributed by atoms with Gasteiger partial charge in [-0.25, -0.2) is 4.79 Å². The Balaban J connectivity index is 1.59. The lowest BCUT2D eigenvalue weighted by molar-refractivity contribution is 0.167. The summed E-state index contributed by atoms with van der Waals surface area (Å²) in [5.41, 5.74) is 1.95. The number of hydrogen-bond donors (Lipinski definition) is 3. The van der Waals surface area contributed by atoms with Gasteiger partial charge >= 0.3 is 6.03 Å². The third kappa shape index (κ3) is 5.21. The minimum Gasteiger partial charge on any atom is -0.388 e. The van der Waals surface area contributed by atoms with Gasteiger partial charge in [-0.3, -0.25) is 4.68 Å². The fraction of sp³-hybridized carbons (Fsp3) is 0.375. The normalized spacial score (nSPS) is 11.9. The maximum Gasteiger partial charge on any atom is 0.314 e. The molecule has 1 aromatic heterocycles. The minimum absolute atomic E-state index is 0.218. The Labute approximate surface area is 130 Å².